The molecule has 3 atom stereocenters. The molecule has 2 aliphatic heterocycles. The van der Waals surface area contributed by atoms with Crippen molar-refractivity contribution in [2.75, 3.05) is 33.2 Å². The molecule has 2 fully saturated rings. The molecule has 2 saturated heterocycles. The van der Waals surface area contributed by atoms with Gasteiger partial charge in [0, 0.05) is 37.6 Å². The molecule has 1 amide bonds. The lowest BCUT2D eigenvalue weighted by Gasteiger charge is -2.40. The van der Waals surface area contributed by atoms with E-state index in [2.05, 4.69) is 36.0 Å². The van der Waals surface area contributed by atoms with E-state index in [9.17, 15) is 4.79 Å². The Morgan fingerprint density at radius 1 is 1.29 bits per heavy atom. The van der Waals surface area contributed by atoms with Crippen LogP contribution in [0.3, 0.4) is 0 Å². The number of rotatable bonds is 1. The number of hydrogen-bond donors (Lipinski definition) is 1. The van der Waals surface area contributed by atoms with Crippen LogP contribution < -0.4 is 5.32 Å². The fourth-order valence-electron chi connectivity index (χ4n) is 2.86. The zero-order valence-corrected chi connectivity index (χ0v) is 11.3. The molecule has 2 aliphatic rings. The zero-order chi connectivity index (χ0) is 12.4. The highest BCUT2D eigenvalue weighted by atomic mass is 16.2. The van der Waals surface area contributed by atoms with E-state index in [0.717, 1.165) is 39.0 Å². The zero-order valence-electron chi connectivity index (χ0n) is 11.3. The lowest BCUT2D eigenvalue weighted by molar-refractivity contribution is -0.139. The molecular weight excluding hydrogens is 214 g/mol. The Bertz CT molecular complexity index is 282. The summed E-state index contributed by atoms with van der Waals surface area (Å²) in [6.07, 6.45) is 2.00. The number of nitrogens with one attached hydrogen (secondary N) is 1. The van der Waals surface area contributed by atoms with Crippen molar-refractivity contribution in [3.8, 4) is 0 Å². The van der Waals surface area contributed by atoms with E-state index in [-0.39, 0.29) is 5.92 Å². The van der Waals surface area contributed by atoms with Crippen molar-refractivity contribution in [3.05, 3.63) is 0 Å². The predicted molar refractivity (Wildman–Crippen MR) is 68.9 cm³/mol. The molecule has 0 aromatic heterocycles. The highest BCUT2D eigenvalue weighted by Crippen LogP contribution is 2.20. The highest BCUT2D eigenvalue weighted by Gasteiger charge is 2.31. The van der Waals surface area contributed by atoms with Gasteiger partial charge in [-0.1, -0.05) is 0 Å². The molecule has 0 radical (unpaired) electrons. The number of piperazine rings is 1. The maximum Gasteiger partial charge on any atom is 0.225 e. The van der Waals surface area contributed by atoms with Crippen molar-refractivity contribution in [1.29, 1.82) is 0 Å². The number of hydrogen-bond acceptors (Lipinski definition) is 3. The summed E-state index contributed by atoms with van der Waals surface area (Å²) in [6, 6.07) is 0.981. The second-order valence-corrected chi connectivity index (χ2v) is 5.69. The van der Waals surface area contributed by atoms with Gasteiger partial charge < -0.3 is 15.1 Å². The van der Waals surface area contributed by atoms with Crippen LogP contribution in [0.2, 0.25) is 0 Å². The average molecular weight is 239 g/mol. The number of carbonyl (C=O) groups is 1. The summed E-state index contributed by atoms with van der Waals surface area (Å²) in [5, 5.41) is 3.41. The Kier molecular flexibility index (Phi) is 4.05. The van der Waals surface area contributed by atoms with E-state index >= 15 is 0 Å². The van der Waals surface area contributed by atoms with Gasteiger partial charge in [-0.15, -0.1) is 0 Å². The topological polar surface area (TPSA) is 35.6 Å². The lowest BCUT2D eigenvalue weighted by Crippen LogP contribution is -2.54. The van der Waals surface area contributed by atoms with Crippen LogP contribution in [0.15, 0.2) is 0 Å². The van der Waals surface area contributed by atoms with Crippen molar-refractivity contribution < 1.29 is 4.79 Å². The van der Waals surface area contributed by atoms with Gasteiger partial charge in [-0.3, -0.25) is 4.79 Å². The highest BCUT2D eigenvalue weighted by molar-refractivity contribution is 5.79. The van der Waals surface area contributed by atoms with Crippen LogP contribution in [0.1, 0.15) is 26.7 Å². The summed E-state index contributed by atoms with van der Waals surface area (Å²) in [4.78, 5) is 16.8. The van der Waals surface area contributed by atoms with Crippen molar-refractivity contribution in [3.63, 3.8) is 0 Å². The van der Waals surface area contributed by atoms with Gasteiger partial charge in [-0.25, -0.2) is 0 Å². The second-order valence-electron chi connectivity index (χ2n) is 5.69. The summed E-state index contributed by atoms with van der Waals surface area (Å²) in [6.45, 7) is 8.16. The van der Waals surface area contributed by atoms with Gasteiger partial charge in [0.25, 0.3) is 0 Å². The maximum absolute atomic E-state index is 12.4. The fourth-order valence-corrected chi connectivity index (χ4v) is 2.86. The Balaban J connectivity index is 1.91. The number of likely N-dealkylation sites (N-methyl/N-ethyl adjacent to an activating group) is 1. The molecule has 0 aromatic rings. The van der Waals surface area contributed by atoms with Crippen LogP contribution in [0.5, 0.6) is 0 Å². The number of piperidine rings is 1. The minimum Gasteiger partial charge on any atom is -0.340 e. The molecule has 2 heterocycles. The van der Waals surface area contributed by atoms with Crippen LogP contribution >= 0.6 is 0 Å². The van der Waals surface area contributed by atoms with Crippen molar-refractivity contribution in [2.45, 2.75) is 38.8 Å². The summed E-state index contributed by atoms with van der Waals surface area (Å²) < 4.78 is 0. The number of carbonyl (C=O) groups excluding carboxylic acids is 1. The Morgan fingerprint density at radius 3 is 2.71 bits per heavy atom. The van der Waals surface area contributed by atoms with E-state index in [1.807, 2.05) is 0 Å². The Labute approximate surface area is 104 Å². The van der Waals surface area contributed by atoms with E-state index < -0.39 is 0 Å². The van der Waals surface area contributed by atoms with Gasteiger partial charge >= 0.3 is 0 Å². The Hall–Kier alpha value is -0.610. The minimum atomic E-state index is 0.252. The molecule has 17 heavy (non-hydrogen) atoms. The maximum atomic E-state index is 12.4. The first kappa shape index (κ1) is 12.8. The van der Waals surface area contributed by atoms with Gasteiger partial charge in [0.2, 0.25) is 5.91 Å². The molecule has 0 spiro atoms. The number of amides is 1. The van der Waals surface area contributed by atoms with Crippen LogP contribution in [-0.2, 0) is 4.79 Å². The first-order valence-corrected chi connectivity index (χ1v) is 6.80. The third-order valence-corrected chi connectivity index (χ3v) is 4.24. The minimum absolute atomic E-state index is 0.252. The third-order valence-electron chi connectivity index (χ3n) is 4.24. The molecule has 1 N–H and O–H groups in total. The smallest absolute Gasteiger partial charge is 0.225 e. The normalized spacial score (nSPS) is 35.9. The molecule has 0 bridgehead atoms. The van der Waals surface area contributed by atoms with E-state index in [1.54, 1.807) is 0 Å². The fraction of sp³-hybridized carbons (Fsp3) is 0.923. The van der Waals surface area contributed by atoms with E-state index in [1.165, 1.54) is 0 Å². The molecule has 3 unspecified atom stereocenters. The van der Waals surface area contributed by atoms with E-state index in [4.69, 9.17) is 0 Å². The summed E-state index contributed by atoms with van der Waals surface area (Å²) in [5.74, 6) is 0.639. The van der Waals surface area contributed by atoms with E-state index in [0.29, 0.717) is 18.0 Å². The summed E-state index contributed by atoms with van der Waals surface area (Å²) in [7, 11) is 2.14. The second kappa shape index (κ2) is 5.36. The number of nitrogens with zero attached hydrogens (tertiary/aromatic N) is 2. The SMILES string of the molecule is CC1CC(C(=O)N2CCN(C)C(C)C2)CCN1. The quantitative estimate of drug-likeness (QED) is 0.725. The molecule has 98 valence electrons. The molecule has 0 aliphatic carbocycles. The molecule has 4 heteroatoms. The standard InChI is InChI=1S/C13H25N3O/c1-10-8-12(4-5-14-10)13(17)16-7-6-15(3)11(2)9-16/h10-12,14H,4-9H2,1-3H3. The molecular formula is C13H25N3O. The molecule has 2 rings (SSSR count). The van der Waals surface area contributed by atoms with Crippen LogP contribution in [0, 0.1) is 5.92 Å². The summed E-state index contributed by atoms with van der Waals surface area (Å²) in [5.41, 5.74) is 0. The molecule has 0 aromatic carbocycles. The monoisotopic (exact) mass is 239 g/mol. The van der Waals surface area contributed by atoms with Crippen molar-refractivity contribution in [1.82, 2.24) is 15.1 Å². The van der Waals surface area contributed by atoms with Gasteiger partial charge in [0.05, 0.1) is 0 Å². The largest absolute Gasteiger partial charge is 0.340 e. The van der Waals surface area contributed by atoms with Crippen molar-refractivity contribution >= 4 is 5.91 Å². The van der Waals surface area contributed by atoms with Crippen LogP contribution in [-0.4, -0.2) is 61.0 Å². The predicted octanol–water partition coefficient (Wildman–Crippen LogP) is 0.537. The van der Waals surface area contributed by atoms with Gasteiger partial charge in [0.1, 0.15) is 0 Å². The molecule has 0 saturated carbocycles. The first-order valence-electron chi connectivity index (χ1n) is 6.80. The average Bonchev–Trinajstić information content (AvgIpc) is 2.32. The van der Waals surface area contributed by atoms with Crippen LogP contribution in [0.4, 0.5) is 0 Å². The Morgan fingerprint density at radius 2 is 2.06 bits per heavy atom. The van der Waals surface area contributed by atoms with Gasteiger partial charge in [-0.2, -0.15) is 0 Å². The van der Waals surface area contributed by atoms with Crippen LogP contribution in [0.25, 0.3) is 0 Å². The van der Waals surface area contributed by atoms with Crippen molar-refractivity contribution in [2.24, 2.45) is 5.92 Å². The molecule has 4 nitrogen and oxygen atoms in total. The summed E-state index contributed by atoms with van der Waals surface area (Å²) >= 11 is 0. The van der Waals surface area contributed by atoms with Gasteiger partial charge in [0.15, 0.2) is 0 Å². The first-order chi connectivity index (χ1) is 8.08. The van der Waals surface area contributed by atoms with Gasteiger partial charge in [-0.05, 0) is 40.3 Å². The third kappa shape index (κ3) is 2.99. The lowest BCUT2D eigenvalue weighted by atomic mass is 9.91.